The van der Waals surface area contributed by atoms with Crippen LogP contribution in [-0.4, -0.2) is 36.8 Å². The number of nitriles is 1. The van der Waals surface area contributed by atoms with Crippen LogP contribution in [0.3, 0.4) is 0 Å². The third kappa shape index (κ3) is 4.47. The van der Waals surface area contributed by atoms with Gasteiger partial charge in [-0.1, -0.05) is 12.1 Å². The summed E-state index contributed by atoms with van der Waals surface area (Å²) < 4.78 is 40.9. The van der Waals surface area contributed by atoms with E-state index in [1.807, 2.05) is 0 Å². The smallest absolute Gasteiger partial charge is 0.259 e. The highest BCUT2D eigenvalue weighted by atomic mass is 32.2. The molecule has 1 fully saturated rings. The van der Waals surface area contributed by atoms with Crippen LogP contribution >= 0.6 is 11.3 Å². The summed E-state index contributed by atoms with van der Waals surface area (Å²) in [6.07, 6.45) is -0.662. The van der Waals surface area contributed by atoms with Crippen molar-refractivity contribution in [3.63, 3.8) is 0 Å². The number of aliphatic hydroxyl groups is 1. The lowest BCUT2D eigenvalue weighted by Crippen LogP contribution is -2.37. The molecule has 1 aliphatic heterocycles. The Balaban J connectivity index is 1.88. The van der Waals surface area contributed by atoms with Crippen molar-refractivity contribution in [3.05, 3.63) is 47.3 Å². The van der Waals surface area contributed by atoms with Gasteiger partial charge in [-0.25, -0.2) is 12.8 Å². The first kappa shape index (κ1) is 21.4. The number of carbonyl (C=O) groups excluding carboxylic acids is 1. The second-order valence-electron chi connectivity index (χ2n) is 6.54. The van der Waals surface area contributed by atoms with Crippen molar-refractivity contribution >= 4 is 32.3 Å². The van der Waals surface area contributed by atoms with Crippen LogP contribution in [0.2, 0.25) is 0 Å². The van der Waals surface area contributed by atoms with Gasteiger partial charge in [-0.3, -0.25) is 4.79 Å². The number of nitrogens with two attached hydrogens (primary N) is 1. The molecule has 0 radical (unpaired) electrons. The third-order valence-electron chi connectivity index (χ3n) is 4.63. The first-order valence-electron chi connectivity index (χ1n) is 8.77. The summed E-state index contributed by atoms with van der Waals surface area (Å²) in [7, 11) is -3.89. The van der Waals surface area contributed by atoms with Crippen molar-refractivity contribution < 1.29 is 22.7 Å². The van der Waals surface area contributed by atoms with Gasteiger partial charge in [0.1, 0.15) is 21.3 Å². The number of rotatable bonds is 5. The van der Waals surface area contributed by atoms with Crippen LogP contribution in [0.25, 0.3) is 0 Å². The quantitative estimate of drug-likeness (QED) is 0.611. The van der Waals surface area contributed by atoms with Crippen LogP contribution in [0.15, 0.2) is 34.5 Å². The van der Waals surface area contributed by atoms with E-state index >= 15 is 0 Å². The van der Waals surface area contributed by atoms with Crippen molar-refractivity contribution in [2.45, 2.75) is 23.3 Å². The molecule has 1 atom stereocenters. The molecule has 1 saturated heterocycles. The Morgan fingerprint density at radius 3 is 2.62 bits per heavy atom. The van der Waals surface area contributed by atoms with E-state index in [1.54, 1.807) is 0 Å². The van der Waals surface area contributed by atoms with Crippen molar-refractivity contribution in [1.82, 2.24) is 4.31 Å². The summed E-state index contributed by atoms with van der Waals surface area (Å²) in [6.45, 7) is 0.409. The first-order chi connectivity index (χ1) is 13.7. The van der Waals surface area contributed by atoms with Crippen molar-refractivity contribution in [2.75, 3.05) is 18.4 Å². The number of piperidine rings is 1. The molecule has 2 heterocycles. The molecule has 0 aliphatic carbocycles. The van der Waals surface area contributed by atoms with Crippen molar-refractivity contribution in [1.29, 1.82) is 5.26 Å². The number of anilines is 1. The number of benzene rings is 1. The maximum atomic E-state index is 13.8. The summed E-state index contributed by atoms with van der Waals surface area (Å²) in [6, 6.07) is 8.69. The standard InChI is InChI=1S/C18H19FN4O4S2/c19-14-4-2-1-3-12(14)17(25)22-18-13(16(21)24)9-15(28-18)29(26,27)23-7-5-11(10-20)6-8-23/h1-4,9,11,16,24H,5-8,21H2,(H,22,25). The van der Waals surface area contributed by atoms with E-state index in [-0.39, 0.29) is 39.3 Å². The second-order valence-corrected chi connectivity index (χ2v) is 9.75. The monoisotopic (exact) mass is 438 g/mol. The Kier molecular flexibility index (Phi) is 6.30. The molecule has 1 amide bonds. The molecule has 8 nitrogen and oxygen atoms in total. The van der Waals surface area contributed by atoms with E-state index < -0.39 is 28.0 Å². The van der Waals surface area contributed by atoms with Gasteiger partial charge >= 0.3 is 0 Å². The fourth-order valence-corrected chi connectivity index (χ4v) is 6.03. The van der Waals surface area contributed by atoms with E-state index in [0.29, 0.717) is 12.8 Å². The highest BCUT2D eigenvalue weighted by Crippen LogP contribution is 2.36. The van der Waals surface area contributed by atoms with Crippen molar-refractivity contribution in [2.24, 2.45) is 11.7 Å². The van der Waals surface area contributed by atoms with E-state index in [0.717, 1.165) is 17.4 Å². The fraction of sp³-hybridized carbons (Fsp3) is 0.333. The highest BCUT2D eigenvalue weighted by molar-refractivity contribution is 7.91. The first-order valence-corrected chi connectivity index (χ1v) is 11.0. The van der Waals surface area contributed by atoms with Crippen molar-refractivity contribution in [3.8, 4) is 6.07 Å². The number of amides is 1. The molecular weight excluding hydrogens is 419 g/mol. The number of nitrogens with one attached hydrogen (secondary N) is 1. The normalized spacial score (nSPS) is 16.9. The molecule has 1 unspecified atom stereocenters. The van der Waals surface area contributed by atoms with E-state index in [1.165, 1.54) is 28.6 Å². The maximum absolute atomic E-state index is 13.8. The molecule has 0 saturated carbocycles. The van der Waals surface area contributed by atoms with Crippen LogP contribution in [0.1, 0.15) is 35.0 Å². The summed E-state index contributed by atoms with van der Waals surface area (Å²) >= 11 is 0.735. The summed E-state index contributed by atoms with van der Waals surface area (Å²) in [5.41, 5.74) is 5.32. The lowest BCUT2D eigenvalue weighted by molar-refractivity contribution is 0.102. The van der Waals surface area contributed by atoms with Gasteiger partial charge in [0.25, 0.3) is 15.9 Å². The van der Waals surface area contributed by atoms with Crippen LogP contribution in [0.5, 0.6) is 0 Å². The van der Waals surface area contributed by atoms with Gasteiger partial charge in [0.05, 0.1) is 11.6 Å². The summed E-state index contributed by atoms with van der Waals surface area (Å²) in [4.78, 5) is 12.4. The summed E-state index contributed by atoms with van der Waals surface area (Å²) in [5.74, 6) is -1.70. The zero-order chi connectivity index (χ0) is 21.2. The van der Waals surface area contributed by atoms with Crippen LogP contribution in [0, 0.1) is 23.1 Å². The molecule has 1 aromatic carbocycles. The largest absolute Gasteiger partial charge is 0.374 e. The van der Waals surface area contributed by atoms with Crippen LogP contribution in [-0.2, 0) is 10.0 Å². The zero-order valence-electron chi connectivity index (χ0n) is 15.2. The Morgan fingerprint density at radius 2 is 2.03 bits per heavy atom. The topological polar surface area (TPSA) is 137 Å². The minimum atomic E-state index is -3.89. The molecule has 3 rings (SSSR count). The van der Waals surface area contributed by atoms with Gasteiger partial charge in [-0.05, 0) is 31.0 Å². The van der Waals surface area contributed by atoms with Gasteiger partial charge < -0.3 is 16.2 Å². The molecule has 154 valence electrons. The Morgan fingerprint density at radius 1 is 1.38 bits per heavy atom. The molecule has 1 aromatic heterocycles. The number of halogens is 1. The SMILES string of the molecule is N#CC1CCN(S(=O)(=O)c2cc(C(N)O)c(NC(=O)c3ccccc3F)s2)CC1. The number of carbonyl (C=O) groups is 1. The Hall–Kier alpha value is -2.36. The van der Waals surface area contributed by atoms with E-state index in [2.05, 4.69) is 11.4 Å². The molecule has 1 aliphatic rings. The maximum Gasteiger partial charge on any atom is 0.259 e. The van der Waals surface area contributed by atoms with E-state index in [9.17, 15) is 22.7 Å². The number of sulfonamides is 1. The lowest BCUT2D eigenvalue weighted by atomic mass is 10.0. The molecule has 0 bridgehead atoms. The molecule has 4 N–H and O–H groups in total. The predicted molar refractivity (Wildman–Crippen MR) is 105 cm³/mol. The Bertz CT molecular complexity index is 1050. The molecule has 0 spiro atoms. The number of hydrogen-bond acceptors (Lipinski definition) is 7. The minimum Gasteiger partial charge on any atom is -0.374 e. The predicted octanol–water partition coefficient (Wildman–Crippen LogP) is 2.01. The number of hydrogen-bond donors (Lipinski definition) is 3. The molecular formula is C18H19FN4O4S2. The lowest BCUT2D eigenvalue weighted by Gasteiger charge is -2.27. The summed E-state index contributed by atoms with van der Waals surface area (Å²) in [5, 5.41) is 21.2. The minimum absolute atomic E-state index is 0.0187. The third-order valence-corrected chi connectivity index (χ3v) is 8.05. The fourth-order valence-electron chi connectivity index (χ4n) is 2.99. The number of nitrogens with zero attached hydrogens (tertiary/aromatic N) is 2. The second kappa shape index (κ2) is 8.56. The van der Waals surface area contributed by atoms with Gasteiger partial charge in [0.2, 0.25) is 0 Å². The average molecular weight is 439 g/mol. The average Bonchev–Trinajstić information content (AvgIpc) is 3.13. The Labute approximate surface area is 171 Å². The molecule has 2 aromatic rings. The van der Waals surface area contributed by atoms with Gasteiger partial charge in [-0.15, -0.1) is 11.3 Å². The number of aliphatic hydroxyl groups excluding tert-OH is 1. The van der Waals surface area contributed by atoms with E-state index in [4.69, 9.17) is 11.0 Å². The van der Waals surface area contributed by atoms with Gasteiger partial charge in [-0.2, -0.15) is 9.57 Å². The van der Waals surface area contributed by atoms with Gasteiger partial charge in [0.15, 0.2) is 0 Å². The highest BCUT2D eigenvalue weighted by Gasteiger charge is 2.32. The van der Waals surface area contributed by atoms with Crippen LogP contribution in [0.4, 0.5) is 9.39 Å². The molecule has 29 heavy (non-hydrogen) atoms. The zero-order valence-corrected chi connectivity index (χ0v) is 16.8. The van der Waals surface area contributed by atoms with Crippen LogP contribution < -0.4 is 11.1 Å². The molecule has 11 heteroatoms. The van der Waals surface area contributed by atoms with Gasteiger partial charge in [0, 0.05) is 24.6 Å². The number of thiophene rings is 1.